The SMILES string of the molecule is CCn1nnnc1C1CN2CCC1C2. The second-order valence-corrected chi connectivity index (χ2v) is 4.27. The van der Waals surface area contributed by atoms with Crippen molar-refractivity contribution in [1.29, 1.82) is 0 Å². The van der Waals surface area contributed by atoms with Crippen LogP contribution in [0.15, 0.2) is 0 Å². The van der Waals surface area contributed by atoms with Gasteiger partial charge >= 0.3 is 0 Å². The number of aryl methyl sites for hydroxylation is 1. The number of hydrogen-bond donors (Lipinski definition) is 0. The van der Waals surface area contributed by atoms with E-state index in [1.54, 1.807) is 0 Å². The summed E-state index contributed by atoms with van der Waals surface area (Å²) in [6, 6.07) is 0. The Labute approximate surface area is 83.1 Å². The molecule has 0 N–H and O–H groups in total. The highest BCUT2D eigenvalue weighted by atomic mass is 15.5. The van der Waals surface area contributed by atoms with Crippen molar-refractivity contribution in [3.05, 3.63) is 5.82 Å². The lowest BCUT2D eigenvalue weighted by Crippen LogP contribution is -2.24. The molecule has 3 heterocycles. The molecule has 5 heteroatoms. The highest BCUT2D eigenvalue weighted by Crippen LogP contribution is 2.38. The zero-order valence-corrected chi connectivity index (χ0v) is 8.43. The van der Waals surface area contributed by atoms with E-state index < -0.39 is 0 Å². The average Bonchev–Trinajstić information content (AvgIpc) is 2.92. The maximum Gasteiger partial charge on any atom is 0.155 e. The molecule has 2 saturated heterocycles. The summed E-state index contributed by atoms with van der Waals surface area (Å²) in [5.41, 5.74) is 0. The smallest absolute Gasteiger partial charge is 0.155 e. The van der Waals surface area contributed by atoms with Crippen LogP contribution in [0.4, 0.5) is 0 Å². The van der Waals surface area contributed by atoms with Gasteiger partial charge < -0.3 is 4.90 Å². The third kappa shape index (κ3) is 1.08. The van der Waals surface area contributed by atoms with Gasteiger partial charge in [-0.15, -0.1) is 5.10 Å². The minimum absolute atomic E-state index is 0.582. The minimum Gasteiger partial charge on any atom is -0.302 e. The van der Waals surface area contributed by atoms with E-state index in [2.05, 4.69) is 27.3 Å². The van der Waals surface area contributed by atoms with E-state index in [4.69, 9.17) is 0 Å². The summed E-state index contributed by atoms with van der Waals surface area (Å²) in [5, 5.41) is 11.9. The van der Waals surface area contributed by atoms with Crippen molar-refractivity contribution in [3.8, 4) is 0 Å². The van der Waals surface area contributed by atoms with E-state index in [0.29, 0.717) is 5.92 Å². The maximum atomic E-state index is 4.16. The third-order valence-corrected chi connectivity index (χ3v) is 3.52. The van der Waals surface area contributed by atoms with Crippen LogP contribution in [-0.4, -0.2) is 44.7 Å². The molecule has 1 aromatic heterocycles. The standard InChI is InChI=1S/C9H15N5/c1-2-14-9(10-11-12-14)8-6-13-4-3-7(8)5-13/h7-8H,2-6H2,1H3. The number of piperidine rings is 1. The molecule has 0 aromatic carbocycles. The number of rotatable bonds is 2. The molecular weight excluding hydrogens is 178 g/mol. The number of aromatic nitrogens is 4. The zero-order valence-electron chi connectivity index (χ0n) is 8.43. The van der Waals surface area contributed by atoms with Crippen molar-refractivity contribution in [3.63, 3.8) is 0 Å². The molecule has 0 saturated carbocycles. The number of fused-ring (bicyclic) bond motifs is 2. The van der Waals surface area contributed by atoms with E-state index in [0.717, 1.165) is 24.8 Å². The van der Waals surface area contributed by atoms with Crippen LogP contribution < -0.4 is 0 Å². The minimum atomic E-state index is 0.582. The molecule has 76 valence electrons. The van der Waals surface area contributed by atoms with Gasteiger partial charge in [0.15, 0.2) is 5.82 Å². The quantitative estimate of drug-likeness (QED) is 0.669. The van der Waals surface area contributed by atoms with Crippen LogP contribution in [0.5, 0.6) is 0 Å². The Balaban J connectivity index is 1.89. The zero-order chi connectivity index (χ0) is 9.54. The topological polar surface area (TPSA) is 46.8 Å². The number of hydrogen-bond acceptors (Lipinski definition) is 4. The lowest BCUT2D eigenvalue weighted by molar-refractivity contribution is 0.335. The Morgan fingerprint density at radius 3 is 3.00 bits per heavy atom. The summed E-state index contributed by atoms with van der Waals surface area (Å²) in [6.45, 7) is 6.65. The first kappa shape index (κ1) is 8.35. The van der Waals surface area contributed by atoms with Crippen LogP contribution >= 0.6 is 0 Å². The van der Waals surface area contributed by atoms with Gasteiger partial charge in [-0.25, -0.2) is 4.68 Å². The van der Waals surface area contributed by atoms with Crippen LogP contribution in [0, 0.1) is 5.92 Å². The molecule has 0 aliphatic carbocycles. The van der Waals surface area contributed by atoms with Crippen LogP contribution in [0.3, 0.4) is 0 Å². The third-order valence-electron chi connectivity index (χ3n) is 3.52. The Bertz CT molecular complexity index is 334. The van der Waals surface area contributed by atoms with Crippen molar-refractivity contribution >= 4 is 0 Å². The molecule has 5 nitrogen and oxygen atoms in total. The molecule has 2 aliphatic heterocycles. The predicted molar refractivity (Wildman–Crippen MR) is 50.8 cm³/mol. The summed E-state index contributed by atoms with van der Waals surface area (Å²) in [5.74, 6) is 2.48. The summed E-state index contributed by atoms with van der Waals surface area (Å²) in [7, 11) is 0. The van der Waals surface area contributed by atoms with Crippen LogP contribution in [-0.2, 0) is 6.54 Å². The van der Waals surface area contributed by atoms with Gasteiger partial charge in [0.2, 0.25) is 0 Å². The molecule has 0 radical (unpaired) electrons. The Kier molecular flexibility index (Phi) is 1.80. The summed E-state index contributed by atoms with van der Waals surface area (Å²) < 4.78 is 1.94. The van der Waals surface area contributed by atoms with Gasteiger partial charge in [-0.3, -0.25) is 0 Å². The van der Waals surface area contributed by atoms with Gasteiger partial charge in [0, 0.05) is 25.6 Å². The predicted octanol–water partition coefficient (Wildman–Crippen LogP) is 0.112. The van der Waals surface area contributed by atoms with Crippen molar-refractivity contribution in [2.24, 2.45) is 5.92 Å². The van der Waals surface area contributed by atoms with Crippen molar-refractivity contribution < 1.29 is 0 Å². The van der Waals surface area contributed by atoms with Gasteiger partial charge in [0.1, 0.15) is 0 Å². The van der Waals surface area contributed by atoms with Crippen LogP contribution in [0.2, 0.25) is 0 Å². The molecule has 0 amide bonds. The van der Waals surface area contributed by atoms with Gasteiger partial charge in [-0.1, -0.05) is 0 Å². The molecule has 3 unspecified atom stereocenters. The normalized spacial score (nSPS) is 35.4. The molecule has 14 heavy (non-hydrogen) atoms. The highest BCUT2D eigenvalue weighted by Gasteiger charge is 2.41. The Morgan fingerprint density at radius 1 is 1.43 bits per heavy atom. The molecular formula is C9H15N5. The van der Waals surface area contributed by atoms with E-state index in [1.807, 2.05) is 4.68 Å². The van der Waals surface area contributed by atoms with E-state index in [-0.39, 0.29) is 0 Å². The Morgan fingerprint density at radius 2 is 2.36 bits per heavy atom. The Hall–Kier alpha value is -0.970. The van der Waals surface area contributed by atoms with Gasteiger partial charge in [0.05, 0.1) is 0 Å². The van der Waals surface area contributed by atoms with Crippen molar-refractivity contribution in [1.82, 2.24) is 25.1 Å². The first-order valence-electron chi connectivity index (χ1n) is 5.37. The second-order valence-electron chi connectivity index (χ2n) is 4.27. The molecule has 0 spiro atoms. The fourth-order valence-corrected chi connectivity index (χ4v) is 2.78. The van der Waals surface area contributed by atoms with Crippen molar-refractivity contribution in [2.45, 2.75) is 25.8 Å². The number of nitrogens with zero attached hydrogens (tertiary/aromatic N) is 5. The fraction of sp³-hybridized carbons (Fsp3) is 0.889. The van der Waals surface area contributed by atoms with Gasteiger partial charge in [0.25, 0.3) is 0 Å². The first-order valence-corrected chi connectivity index (χ1v) is 5.37. The molecule has 1 aromatic rings. The van der Waals surface area contributed by atoms with E-state index >= 15 is 0 Å². The van der Waals surface area contributed by atoms with Crippen LogP contribution in [0.25, 0.3) is 0 Å². The summed E-state index contributed by atoms with van der Waals surface area (Å²) >= 11 is 0. The van der Waals surface area contributed by atoms with Gasteiger partial charge in [-0.05, 0) is 36.2 Å². The highest BCUT2D eigenvalue weighted by molar-refractivity contribution is 5.06. The summed E-state index contributed by atoms with van der Waals surface area (Å²) in [6.07, 6.45) is 1.32. The van der Waals surface area contributed by atoms with E-state index in [1.165, 1.54) is 19.5 Å². The van der Waals surface area contributed by atoms with Gasteiger partial charge in [-0.2, -0.15) is 0 Å². The fourth-order valence-electron chi connectivity index (χ4n) is 2.78. The van der Waals surface area contributed by atoms with Crippen molar-refractivity contribution in [2.75, 3.05) is 19.6 Å². The average molecular weight is 193 g/mol. The lowest BCUT2D eigenvalue weighted by Gasteiger charge is -2.20. The molecule has 2 fully saturated rings. The second kappa shape index (κ2) is 3.02. The van der Waals surface area contributed by atoms with E-state index in [9.17, 15) is 0 Å². The summed E-state index contributed by atoms with van der Waals surface area (Å²) in [4.78, 5) is 2.52. The molecule has 2 bridgehead atoms. The monoisotopic (exact) mass is 193 g/mol. The molecule has 3 rings (SSSR count). The lowest BCUT2D eigenvalue weighted by atomic mass is 9.92. The first-order chi connectivity index (χ1) is 6.88. The molecule has 3 atom stereocenters. The maximum absolute atomic E-state index is 4.16. The largest absolute Gasteiger partial charge is 0.302 e. The number of tetrazole rings is 1. The molecule has 2 aliphatic rings. The van der Waals surface area contributed by atoms with Crippen LogP contribution in [0.1, 0.15) is 25.1 Å².